The third-order valence-corrected chi connectivity index (χ3v) is 8.77. The number of carboxylic acids is 1. The summed E-state index contributed by atoms with van der Waals surface area (Å²) in [4.78, 5) is 18.9. The molecule has 0 saturated carbocycles. The van der Waals surface area contributed by atoms with E-state index in [1.54, 1.807) is 37.3 Å². The van der Waals surface area contributed by atoms with Crippen LogP contribution in [0.3, 0.4) is 0 Å². The fraction of sp³-hybridized carbons (Fsp3) is 0.304. The van der Waals surface area contributed by atoms with Crippen molar-refractivity contribution in [1.82, 2.24) is 9.88 Å². The Balaban J connectivity index is 1.43. The van der Waals surface area contributed by atoms with E-state index in [9.17, 15) is 13.2 Å². The van der Waals surface area contributed by atoms with Gasteiger partial charge in [0.25, 0.3) is 0 Å². The summed E-state index contributed by atoms with van der Waals surface area (Å²) in [6.45, 7) is 5.31. The lowest BCUT2D eigenvalue weighted by Gasteiger charge is -2.36. The van der Waals surface area contributed by atoms with Crippen molar-refractivity contribution in [3.05, 3.63) is 60.3 Å². The van der Waals surface area contributed by atoms with Gasteiger partial charge in [0.2, 0.25) is 0 Å². The van der Waals surface area contributed by atoms with Gasteiger partial charge in [-0.05, 0) is 37.1 Å². The molecule has 1 aromatic heterocycles. The average Bonchev–Trinajstić information content (AvgIpc) is 3.21. The highest BCUT2D eigenvalue weighted by atomic mass is 32.2. The fourth-order valence-electron chi connectivity index (χ4n) is 3.49. The predicted octanol–water partition coefficient (Wildman–Crippen LogP) is 4.18. The molecule has 0 amide bonds. The molecule has 1 fully saturated rings. The normalized spacial score (nSPS) is 15.2. The topological polar surface area (TPSA) is 87.6 Å². The van der Waals surface area contributed by atoms with Crippen LogP contribution in [-0.2, 0) is 21.2 Å². The van der Waals surface area contributed by atoms with Crippen LogP contribution in [0.4, 0.5) is 0 Å². The van der Waals surface area contributed by atoms with Gasteiger partial charge in [0.15, 0.2) is 9.84 Å². The van der Waals surface area contributed by atoms with E-state index in [0.29, 0.717) is 18.0 Å². The molecule has 0 radical (unpaired) electrons. The number of thiazole rings is 1. The second-order valence-corrected chi connectivity index (χ2v) is 11.6. The van der Waals surface area contributed by atoms with Gasteiger partial charge in [0, 0.05) is 31.4 Å². The summed E-state index contributed by atoms with van der Waals surface area (Å²) in [6.07, 6.45) is 1.81. The molecule has 0 atom stereocenters. The molecular formula is C23H24N2O4S2. The minimum Gasteiger partial charge on any atom is -0.481 e. The first-order valence-electron chi connectivity index (χ1n) is 10.1. The zero-order valence-electron chi connectivity index (χ0n) is 17.4. The molecule has 6 nitrogen and oxygen atoms in total. The summed E-state index contributed by atoms with van der Waals surface area (Å²) < 4.78 is 24.6. The standard InChI is InChI=1S/C23H24N2O4S2/c1-15(2)31(28,29)20-9-7-17(8-10-20)21-11-24-22(30-21)18-5-3-16(4-6-18)12-25-13-19(14-25)23(26)27/h3-11,15,19H,12-14H2,1-2H3,(H,26,27). The van der Waals surface area contributed by atoms with Gasteiger partial charge in [-0.3, -0.25) is 9.69 Å². The van der Waals surface area contributed by atoms with Crippen molar-refractivity contribution < 1.29 is 18.3 Å². The Hall–Kier alpha value is -2.55. The number of hydrogen-bond donors (Lipinski definition) is 1. The smallest absolute Gasteiger partial charge is 0.309 e. The highest BCUT2D eigenvalue weighted by Gasteiger charge is 2.32. The van der Waals surface area contributed by atoms with Crippen LogP contribution in [0, 0.1) is 5.92 Å². The summed E-state index contributed by atoms with van der Waals surface area (Å²) in [5, 5.41) is 9.43. The molecule has 4 rings (SSSR count). The molecule has 31 heavy (non-hydrogen) atoms. The van der Waals surface area contributed by atoms with E-state index >= 15 is 0 Å². The first kappa shape index (κ1) is 21.7. The van der Waals surface area contributed by atoms with Crippen molar-refractivity contribution >= 4 is 27.1 Å². The first-order valence-corrected chi connectivity index (χ1v) is 12.4. The van der Waals surface area contributed by atoms with Crippen LogP contribution in [0.5, 0.6) is 0 Å². The summed E-state index contributed by atoms with van der Waals surface area (Å²) in [5.41, 5.74) is 3.10. The number of benzene rings is 2. The lowest BCUT2D eigenvalue weighted by atomic mass is 9.99. The van der Waals surface area contributed by atoms with Crippen LogP contribution in [0.15, 0.2) is 59.6 Å². The van der Waals surface area contributed by atoms with Gasteiger partial charge in [0.1, 0.15) is 5.01 Å². The molecule has 0 bridgehead atoms. The minimum absolute atomic E-state index is 0.243. The maximum atomic E-state index is 12.3. The molecule has 2 heterocycles. The second kappa shape index (κ2) is 8.53. The van der Waals surface area contributed by atoms with Crippen molar-refractivity contribution in [3.8, 4) is 21.0 Å². The summed E-state index contributed by atoms with van der Waals surface area (Å²) in [7, 11) is -3.28. The average molecular weight is 457 g/mol. The van der Waals surface area contributed by atoms with Crippen molar-refractivity contribution in [2.45, 2.75) is 30.5 Å². The number of carboxylic acid groups (broad SMARTS) is 1. The van der Waals surface area contributed by atoms with Crippen LogP contribution in [0.2, 0.25) is 0 Å². The van der Waals surface area contributed by atoms with Gasteiger partial charge in [-0.1, -0.05) is 36.4 Å². The van der Waals surface area contributed by atoms with Crippen LogP contribution in [0.1, 0.15) is 19.4 Å². The van der Waals surface area contributed by atoms with E-state index in [0.717, 1.165) is 33.1 Å². The Morgan fingerprint density at radius 1 is 1.10 bits per heavy atom. The highest BCUT2D eigenvalue weighted by molar-refractivity contribution is 7.92. The van der Waals surface area contributed by atoms with Gasteiger partial charge in [-0.15, -0.1) is 11.3 Å². The first-order chi connectivity index (χ1) is 14.7. The largest absolute Gasteiger partial charge is 0.481 e. The van der Waals surface area contributed by atoms with Gasteiger partial charge in [-0.2, -0.15) is 0 Å². The second-order valence-electron chi connectivity index (χ2n) is 8.07. The van der Waals surface area contributed by atoms with E-state index < -0.39 is 21.1 Å². The SMILES string of the molecule is CC(C)S(=O)(=O)c1ccc(-c2cnc(-c3ccc(CN4CC(C(=O)O)C4)cc3)s2)cc1. The molecule has 1 N–H and O–H groups in total. The zero-order valence-corrected chi connectivity index (χ0v) is 19.0. The molecular weight excluding hydrogens is 432 g/mol. The van der Waals surface area contributed by atoms with Gasteiger partial charge in [0.05, 0.1) is 20.9 Å². The quantitative estimate of drug-likeness (QED) is 0.574. The molecule has 162 valence electrons. The molecule has 2 aromatic carbocycles. The molecule has 0 spiro atoms. The minimum atomic E-state index is -3.28. The van der Waals surface area contributed by atoms with E-state index in [1.807, 2.05) is 30.5 Å². The summed E-state index contributed by atoms with van der Waals surface area (Å²) in [6, 6.07) is 15.1. The van der Waals surface area contributed by atoms with Gasteiger partial charge < -0.3 is 5.11 Å². The third-order valence-electron chi connectivity index (χ3n) is 5.51. The third kappa shape index (κ3) is 4.56. The number of sulfone groups is 1. The van der Waals surface area contributed by atoms with E-state index in [2.05, 4.69) is 22.0 Å². The van der Waals surface area contributed by atoms with E-state index in [-0.39, 0.29) is 5.92 Å². The Morgan fingerprint density at radius 2 is 1.71 bits per heavy atom. The van der Waals surface area contributed by atoms with E-state index in [4.69, 9.17) is 5.11 Å². The molecule has 1 aliphatic rings. The van der Waals surface area contributed by atoms with Crippen LogP contribution >= 0.6 is 11.3 Å². The molecule has 1 saturated heterocycles. The van der Waals surface area contributed by atoms with Crippen LogP contribution in [0.25, 0.3) is 21.0 Å². The maximum absolute atomic E-state index is 12.3. The Bertz CT molecular complexity index is 1180. The fourth-order valence-corrected chi connectivity index (χ4v) is 5.47. The lowest BCUT2D eigenvalue weighted by Crippen LogP contribution is -2.49. The molecule has 0 aliphatic carbocycles. The number of aromatic nitrogens is 1. The highest BCUT2D eigenvalue weighted by Crippen LogP contribution is 2.33. The number of hydrogen-bond acceptors (Lipinski definition) is 6. The van der Waals surface area contributed by atoms with Gasteiger partial charge in [-0.25, -0.2) is 13.4 Å². The molecule has 8 heteroatoms. The number of nitrogens with zero attached hydrogens (tertiary/aromatic N) is 2. The van der Waals surface area contributed by atoms with E-state index in [1.165, 1.54) is 0 Å². The predicted molar refractivity (Wildman–Crippen MR) is 122 cm³/mol. The monoisotopic (exact) mass is 456 g/mol. The Labute approximate surface area is 186 Å². The summed E-state index contributed by atoms with van der Waals surface area (Å²) in [5.74, 6) is -0.963. The zero-order chi connectivity index (χ0) is 22.2. The van der Waals surface area contributed by atoms with Crippen molar-refractivity contribution in [2.24, 2.45) is 5.92 Å². The lowest BCUT2D eigenvalue weighted by molar-refractivity contribution is -0.147. The summed E-state index contributed by atoms with van der Waals surface area (Å²) >= 11 is 1.56. The number of aliphatic carboxylic acids is 1. The number of rotatable bonds is 7. The van der Waals surface area contributed by atoms with Crippen LogP contribution in [-0.4, -0.2) is 47.7 Å². The Kier molecular flexibility index (Phi) is 5.96. The molecule has 3 aromatic rings. The Morgan fingerprint density at radius 3 is 2.29 bits per heavy atom. The maximum Gasteiger partial charge on any atom is 0.309 e. The number of likely N-dealkylation sites (tertiary alicyclic amines) is 1. The van der Waals surface area contributed by atoms with Gasteiger partial charge >= 0.3 is 5.97 Å². The number of carbonyl (C=O) groups is 1. The van der Waals surface area contributed by atoms with Crippen molar-refractivity contribution in [2.75, 3.05) is 13.1 Å². The molecule has 1 aliphatic heterocycles. The van der Waals surface area contributed by atoms with Crippen molar-refractivity contribution in [1.29, 1.82) is 0 Å². The van der Waals surface area contributed by atoms with Crippen LogP contribution < -0.4 is 0 Å². The molecule has 0 unspecified atom stereocenters. The van der Waals surface area contributed by atoms with Crippen molar-refractivity contribution in [3.63, 3.8) is 0 Å².